The lowest BCUT2D eigenvalue weighted by atomic mass is 10.0. The fourth-order valence-corrected chi connectivity index (χ4v) is 3.40. The number of benzene rings is 2. The molecule has 0 fully saturated rings. The number of carbonyl (C=O) groups excluding carboxylic acids is 1. The second-order valence-electron chi connectivity index (χ2n) is 5.96. The average molecular weight is 413 g/mol. The summed E-state index contributed by atoms with van der Waals surface area (Å²) in [6.07, 6.45) is 1.17. The minimum atomic E-state index is -4.67. The highest BCUT2D eigenvalue weighted by atomic mass is 32.2. The van der Waals surface area contributed by atoms with Crippen LogP contribution in [0.3, 0.4) is 0 Å². The molecule has 0 radical (unpaired) electrons. The predicted octanol–water partition coefficient (Wildman–Crippen LogP) is 2.34. The Morgan fingerprint density at radius 2 is 1.90 bits per heavy atom. The van der Waals surface area contributed by atoms with E-state index in [2.05, 4.69) is 0 Å². The lowest BCUT2D eigenvalue weighted by molar-refractivity contribution is 0.0593. The molecule has 1 heterocycles. The van der Waals surface area contributed by atoms with Crippen LogP contribution in [0.15, 0.2) is 53.6 Å². The Labute approximate surface area is 165 Å². The maximum atomic E-state index is 12.2. The summed E-state index contributed by atoms with van der Waals surface area (Å²) in [6.45, 7) is 0. The number of rotatable bonds is 4. The van der Waals surface area contributed by atoms with Crippen molar-refractivity contribution in [3.05, 3.63) is 59.9 Å². The van der Waals surface area contributed by atoms with Gasteiger partial charge in [0.05, 0.1) is 28.9 Å². The first-order valence-electron chi connectivity index (χ1n) is 8.08. The monoisotopic (exact) mass is 413 g/mol. The van der Waals surface area contributed by atoms with Gasteiger partial charge in [0.15, 0.2) is 5.69 Å². The minimum absolute atomic E-state index is 0.0803. The van der Waals surface area contributed by atoms with E-state index in [-0.39, 0.29) is 28.2 Å². The normalized spacial score (nSPS) is 11.1. The lowest BCUT2D eigenvalue weighted by Gasteiger charge is -2.15. The summed E-state index contributed by atoms with van der Waals surface area (Å²) in [7, 11) is -3.56. The van der Waals surface area contributed by atoms with Crippen LogP contribution in [-0.4, -0.2) is 35.7 Å². The summed E-state index contributed by atoms with van der Waals surface area (Å²) in [5.74, 6) is -1.30. The summed E-state index contributed by atoms with van der Waals surface area (Å²) < 4.78 is 38.9. The Morgan fingerprint density at radius 1 is 1.24 bits per heavy atom. The molecule has 0 bridgehead atoms. The zero-order valence-electron chi connectivity index (χ0n) is 15.0. The quantitative estimate of drug-likeness (QED) is 0.435. The summed E-state index contributed by atoms with van der Waals surface area (Å²) in [5, 5.41) is 20.1. The molecule has 0 atom stereocenters. The van der Waals surface area contributed by atoms with Crippen molar-refractivity contribution in [2.24, 2.45) is 0 Å². The first-order chi connectivity index (χ1) is 13.7. The highest BCUT2D eigenvalue weighted by Gasteiger charge is 2.26. The van der Waals surface area contributed by atoms with Crippen LogP contribution < -0.4 is 5.73 Å². The molecule has 4 N–H and O–H groups in total. The van der Waals surface area contributed by atoms with Crippen LogP contribution in [0.4, 0.5) is 5.69 Å². The number of anilines is 1. The fourth-order valence-electron chi connectivity index (χ4n) is 2.87. The SMILES string of the molecule is COC(=O)c1c(N)c(C#N)cn1-c1cc(S(=O)(=O)O)cc(-c2ccccc2)c1O. The molecule has 0 saturated heterocycles. The molecular weight excluding hydrogens is 398 g/mol. The van der Waals surface area contributed by atoms with Gasteiger partial charge in [0.2, 0.25) is 0 Å². The van der Waals surface area contributed by atoms with E-state index in [1.165, 1.54) is 6.20 Å². The van der Waals surface area contributed by atoms with Gasteiger partial charge in [-0.3, -0.25) is 4.55 Å². The first kappa shape index (κ1) is 19.9. The summed E-state index contributed by atoms with van der Waals surface area (Å²) >= 11 is 0. The fraction of sp³-hybridized carbons (Fsp3) is 0.0526. The highest BCUT2D eigenvalue weighted by Crippen LogP contribution is 2.39. The Kier molecular flexibility index (Phi) is 5.02. The molecule has 0 amide bonds. The number of phenolic OH excluding ortho intramolecular Hbond substituents is 1. The van der Waals surface area contributed by atoms with Gasteiger partial charge in [0.25, 0.3) is 10.1 Å². The van der Waals surface area contributed by atoms with Crippen molar-refractivity contribution >= 4 is 21.8 Å². The van der Waals surface area contributed by atoms with Crippen LogP contribution in [0.1, 0.15) is 16.1 Å². The molecule has 0 unspecified atom stereocenters. The molecule has 1 aromatic heterocycles. The van der Waals surface area contributed by atoms with Crippen LogP contribution in [0.25, 0.3) is 16.8 Å². The molecule has 0 aliphatic carbocycles. The molecule has 3 rings (SSSR count). The maximum absolute atomic E-state index is 12.2. The largest absolute Gasteiger partial charge is 0.505 e. The standard InChI is InChI=1S/C19H15N3O6S/c1-28-19(24)17-16(21)12(9-20)10-22(17)15-8-13(29(25,26)27)7-14(18(15)23)11-5-3-2-4-6-11/h2-8,10,23H,21H2,1H3,(H,25,26,27). The van der Waals surface area contributed by atoms with Gasteiger partial charge in [-0.25, -0.2) is 4.79 Å². The predicted molar refractivity (Wildman–Crippen MR) is 103 cm³/mol. The van der Waals surface area contributed by atoms with Crippen molar-refractivity contribution in [1.29, 1.82) is 5.26 Å². The van der Waals surface area contributed by atoms with Gasteiger partial charge in [0.1, 0.15) is 11.8 Å². The van der Waals surface area contributed by atoms with Crippen molar-refractivity contribution in [1.82, 2.24) is 4.57 Å². The van der Waals surface area contributed by atoms with Crippen LogP contribution in [0, 0.1) is 11.3 Å². The van der Waals surface area contributed by atoms with Crippen LogP contribution in [-0.2, 0) is 14.9 Å². The van der Waals surface area contributed by atoms with E-state index < -0.39 is 26.7 Å². The number of carbonyl (C=O) groups is 1. The number of phenols is 1. The number of ether oxygens (including phenoxy) is 1. The molecule has 0 aliphatic heterocycles. The average Bonchev–Trinajstić information content (AvgIpc) is 3.03. The smallest absolute Gasteiger partial charge is 0.357 e. The van der Waals surface area contributed by atoms with E-state index in [9.17, 15) is 28.1 Å². The number of esters is 1. The molecular formula is C19H15N3O6S. The third-order valence-electron chi connectivity index (χ3n) is 4.25. The van der Waals surface area contributed by atoms with Crippen LogP contribution >= 0.6 is 0 Å². The van der Waals surface area contributed by atoms with Crippen LogP contribution in [0.2, 0.25) is 0 Å². The zero-order chi connectivity index (χ0) is 21.3. The number of aromatic hydroxyl groups is 1. The van der Waals surface area contributed by atoms with E-state index in [1.807, 2.05) is 6.07 Å². The zero-order valence-corrected chi connectivity index (χ0v) is 15.8. The number of hydrogen-bond acceptors (Lipinski definition) is 7. The number of aromatic nitrogens is 1. The number of nitrogen functional groups attached to an aromatic ring is 1. The number of nitrogens with zero attached hydrogens (tertiary/aromatic N) is 2. The van der Waals surface area contributed by atoms with E-state index in [1.54, 1.807) is 30.3 Å². The lowest BCUT2D eigenvalue weighted by Crippen LogP contribution is -2.12. The maximum Gasteiger partial charge on any atom is 0.357 e. The van der Waals surface area contributed by atoms with Crippen LogP contribution in [0.5, 0.6) is 5.75 Å². The second kappa shape index (κ2) is 7.31. The van der Waals surface area contributed by atoms with Gasteiger partial charge in [-0.2, -0.15) is 13.7 Å². The first-order valence-corrected chi connectivity index (χ1v) is 9.52. The molecule has 0 aliphatic rings. The Balaban J connectivity index is 2.43. The molecule has 9 nitrogen and oxygen atoms in total. The van der Waals surface area contributed by atoms with Crippen molar-refractivity contribution < 1.29 is 27.6 Å². The van der Waals surface area contributed by atoms with Gasteiger partial charge in [0, 0.05) is 11.8 Å². The second-order valence-corrected chi connectivity index (χ2v) is 7.38. The Morgan fingerprint density at radius 3 is 2.45 bits per heavy atom. The summed E-state index contributed by atoms with van der Waals surface area (Å²) in [4.78, 5) is 11.7. The number of methoxy groups -OCH3 is 1. The Bertz CT molecular complexity index is 1260. The number of nitriles is 1. The van der Waals surface area contributed by atoms with Crippen molar-refractivity contribution in [3.63, 3.8) is 0 Å². The Hall–Kier alpha value is -3.81. The molecule has 0 saturated carbocycles. The minimum Gasteiger partial charge on any atom is -0.505 e. The van der Waals surface area contributed by atoms with Crippen molar-refractivity contribution in [3.8, 4) is 28.6 Å². The van der Waals surface area contributed by atoms with Gasteiger partial charge in [-0.1, -0.05) is 30.3 Å². The third kappa shape index (κ3) is 3.52. The van der Waals surface area contributed by atoms with E-state index >= 15 is 0 Å². The van der Waals surface area contributed by atoms with Gasteiger partial charge < -0.3 is 20.1 Å². The number of hydrogen-bond donors (Lipinski definition) is 3. The number of nitrogens with two attached hydrogens (primary N) is 1. The van der Waals surface area contributed by atoms with Gasteiger partial charge >= 0.3 is 5.97 Å². The van der Waals surface area contributed by atoms with E-state index in [4.69, 9.17) is 10.5 Å². The molecule has 148 valence electrons. The third-order valence-corrected chi connectivity index (χ3v) is 5.08. The molecule has 3 aromatic rings. The molecule has 29 heavy (non-hydrogen) atoms. The highest BCUT2D eigenvalue weighted by molar-refractivity contribution is 7.85. The summed E-state index contributed by atoms with van der Waals surface area (Å²) in [6, 6.07) is 12.2. The van der Waals surface area contributed by atoms with Gasteiger partial charge in [-0.05, 0) is 17.7 Å². The molecule has 10 heteroatoms. The van der Waals surface area contributed by atoms with Gasteiger partial charge in [-0.15, -0.1) is 0 Å². The van der Waals surface area contributed by atoms with E-state index in [0.29, 0.717) is 5.56 Å². The summed E-state index contributed by atoms with van der Waals surface area (Å²) in [5.41, 5.74) is 5.66. The topological polar surface area (TPSA) is 156 Å². The molecule has 0 spiro atoms. The van der Waals surface area contributed by atoms with E-state index in [0.717, 1.165) is 23.8 Å². The molecule has 2 aromatic carbocycles. The van der Waals surface area contributed by atoms with Crippen molar-refractivity contribution in [2.45, 2.75) is 4.90 Å². The van der Waals surface area contributed by atoms with Crippen molar-refractivity contribution in [2.75, 3.05) is 12.8 Å².